The first-order chi connectivity index (χ1) is 9.13. The number of hydrogen-bond acceptors (Lipinski definition) is 1. The Bertz CT molecular complexity index is 551. The zero-order valence-electron chi connectivity index (χ0n) is 10.7. The maximum Gasteiger partial charge on any atom is 0.137 e. The molecule has 0 fully saturated rings. The quantitative estimate of drug-likeness (QED) is 0.870. The molecule has 19 heavy (non-hydrogen) atoms. The van der Waals surface area contributed by atoms with Gasteiger partial charge in [-0.25, -0.2) is 4.39 Å². The first-order valence-corrected chi connectivity index (χ1v) is 7.13. The van der Waals surface area contributed by atoms with E-state index in [1.165, 1.54) is 11.6 Å². The number of hydrogen-bond donors (Lipinski definition) is 1. The zero-order valence-corrected chi connectivity index (χ0v) is 12.3. The maximum atomic E-state index is 13.5. The zero-order chi connectivity index (χ0) is 13.8. The molecule has 0 heterocycles. The fourth-order valence-electron chi connectivity index (χ4n) is 2.07. The second-order valence-electron chi connectivity index (χ2n) is 4.54. The molecule has 0 saturated carbocycles. The van der Waals surface area contributed by atoms with Crippen molar-refractivity contribution in [2.24, 2.45) is 0 Å². The Morgan fingerprint density at radius 1 is 1.16 bits per heavy atom. The summed E-state index contributed by atoms with van der Waals surface area (Å²) in [6.45, 7) is 2.13. The van der Waals surface area contributed by atoms with E-state index in [9.17, 15) is 9.50 Å². The predicted molar refractivity (Wildman–Crippen MR) is 78.6 cm³/mol. The lowest BCUT2D eigenvalue weighted by atomic mass is 9.99. The van der Waals surface area contributed by atoms with Crippen molar-refractivity contribution in [1.82, 2.24) is 0 Å². The highest BCUT2D eigenvalue weighted by molar-refractivity contribution is 9.10. The van der Waals surface area contributed by atoms with Gasteiger partial charge in [0.1, 0.15) is 11.9 Å². The largest absolute Gasteiger partial charge is 0.384 e. The van der Waals surface area contributed by atoms with Crippen molar-refractivity contribution in [2.75, 3.05) is 0 Å². The highest BCUT2D eigenvalue weighted by Gasteiger charge is 2.15. The lowest BCUT2D eigenvalue weighted by Crippen LogP contribution is -2.02. The molecular formula is C16H16BrFO. The van der Waals surface area contributed by atoms with Gasteiger partial charge < -0.3 is 5.11 Å². The van der Waals surface area contributed by atoms with E-state index >= 15 is 0 Å². The Kier molecular flexibility index (Phi) is 4.72. The van der Waals surface area contributed by atoms with Crippen LogP contribution in [0.25, 0.3) is 0 Å². The van der Waals surface area contributed by atoms with E-state index in [-0.39, 0.29) is 5.82 Å². The van der Waals surface area contributed by atoms with Crippen LogP contribution in [0.3, 0.4) is 0 Å². The molecule has 0 radical (unpaired) electrons. The minimum atomic E-state index is -0.819. The molecule has 1 N–H and O–H groups in total. The van der Waals surface area contributed by atoms with Crippen LogP contribution >= 0.6 is 15.9 Å². The van der Waals surface area contributed by atoms with Crippen LogP contribution in [0.4, 0.5) is 4.39 Å². The van der Waals surface area contributed by atoms with Crippen molar-refractivity contribution >= 4 is 15.9 Å². The summed E-state index contributed by atoms with van der Waals surface area (Å²) in [6, 6.07) is 12.5. The summed E-state index contributed by atoms with van der Waals surface area (Å²) in [5, 5.41) is 10.3. The Hall–Kier alpha value is -1.19. The van der Waals surface area contributed by atoms with Crippen LogP contribution in [0, 0.1) is 5.82 Å². The van der Waals surface area contributed by atoms with Crippen LogP contribution in [0.1, 0.15) is 36.1 Å². The van der Waals surface area contributed by atoms with Crippen molar-refractivity contribution in [2.45, 2.75) is 25.9 Å². The summed E-state index contributed by atoms with van der Waals surface area (Å²) in [6.07, 6.45) is 1.30. The fraction of sp³-hybridized carbons (Fsp3) is 0.250. The van der Waals surface area contributed by atoms with Crippen LogP contribution < -0.4 is 0 Å². The summed E-state index contributed by atoms with van der Waals surface area (Å²) >= 11 is 3.18. The first kappa shape index (κ1) is 14.2. The molecule has 0 bridgehead atoms. The van der Waals surface area contributed by atoms with Gasteiger partial charge in [-0.05, 0) is 39.5 Å². The second-order valence-corrected chi connectivity index (χ2v) is 5.33. The molecule has 100 valence electrons. The van der Waals surface area contributed by atoms with Crippen LogP contribution in [0.2, 0.25) is 0 Å². The molecule has 0 aliphatic rings. The molecule has 0 aliphatic heterocycles. The number of aryl methyl sites for hydroxylation is 1. The Morgan fingerprint density at radius 2 is 1.84 bits per heavy atom. The van der Waals surface area contributed by atoms with Gasteiger partial charge in [-0.15, -0.1) is 0 Å². The van der Waals surface area contributed by atoms with E-state index in [2.05, 4.69) is 22.9 Å². The van der Waals surface area contributed by atoms with Crippen LogP contribution in [0.15, 0.2) is 46.9 Å². The second kappa shape index (κ2) is 6.31. The average Bonchev–Trinajstić information content (AvgIpc) is 2.42. The topological polar surface area (TPSA) is 20.2 Å². The van der Waals surface area contributed by atoms with Crippen molar-refractivity contribution in [3.63, 3.8) is 0 Å². The van der Waals surface area contributed by atoms with E-state index in [1.54, 1.807) is 12.1 Å². The van der Waals surface area contributed by atoms with Gasteiger partial charge >= 0.3 is 0 Å². The normalized spacial score (nSPS) is 12.4. The van der Waals surface area contributed by atoms with Gasteiger partial charge in [0.25, 0.3) is 0 Å². The number of rotatable bonds is 4. The van der Waals surface area contributed by atoms with Crippen LogP contribution in [0.5, 0.6) is 0 Å². The fourth-order valence-corrected chi connectivity index (χ4v) is 2.55. The first-order valence-electron chi connectivity index (χ1n) is 6.34. The Morgan fingerprint density at radius 3 is 2.47 bits per heavy atom. The standard InChI is InChI=1S/C16H16BrFO/c1-2-4-11-7-9-12(10-8-11)16(19)13-5-3-6-14(18)15(13)17/h3,5-10,16,19H,2,4H2,1H3. The van der Waals surface area contributed by atoms with Gasteiger partial charge in [0, 0.05) is 5.56 Å². The molecule has 0 aliphatic carbocycles. The molecular weight excluding hydrogens is 307 g/mol. The molecule has 1 atom stereocenters. The Balaban J connectivity index is 2.28. The molecule has 3 heteroatoms. The minimum Gasteiger partial charge on any atom is -0.384 e. The summed E-state index contributed by atoms with van der Waals surface area (Å²) in [7, 11) is 0. The number of aliphatic hydroxyl groups is 1. The van der Waals surface area contributed by atoms with Gasteiger partial charge in [-0.3, -0.25) is 0 Å². The number of aliphatic hydroxyl groups excluding tert-OH is 1. The van der Waals surface area contributed by atoms with Crippen molar-refractivity contribution in [3.8, 4) is 0 Å². The van der Waals surface area contributed by atoms with E-state index < -0.39 is 6.10 Å². The monoisotopic (exact) mass is 322 g/mol. The lowest BCUT2D eigenvalue weighted by molar-refractivity contribution is 0.219. The molecule has 1 unspecified atom stereocenters. The number of benzene rings is 2. The maximum absolute atomic E-state index is 13.5. The van der Waals surface area contributed by atoms with Crippen LogP contribution in [-0.2, 0) is 6.42 Å². The molecule has 2 aromatic rings. The lowest BCUT2D eigenvalue weighted by Gasteiger charge is -2.14. The molecule has 2 rings (SSSR count). The minimum absolute atomic E-state index is 0.320. The number of halogens is 2. The SMILES string of the molecule is CCCc1ccc(C(O)c2cccc(F)c2Br)cc1. The summed E-state index contributed by atoms with van der Waals surface area (Å²) in [5.41, 5.74) is 2.56. The predicted octanol–water partition coefficient (Wildman–Crippen LogP) is 4.62. The Labute approximate surface area is 121 Å². The summed E-state index contributed by atoms with van der Waals surface area (Å²) in [4.78, 5) is 0. The average molecular weight is 323 g/mol. The molecule has 0 saturated heterocycles. The van der Waals surface area contributed by atoms with Gasteiger partial charge in [0.05, 0.1) is 4.47 Å². The molecule has 1 nitrogen and oxygen atoms in total. The van der Waals surface area contributed by atoms with Gasteiger partial charge in [-0.2, -0.15) is 0 Å². The molecule has 0 spiro atoms. The molecule has 2 aromatic carbocycles. The third kappa shape index (κ3) is 3.23. The van der Waals surface area contributed by atoms with E-state index in [1.807, 2.05) is 24.3 Å². The molecule has 0 amide bonds. The van der Waals surface area contributed by atoms with Crippen molar-refractivity contribution in [3.05, 3.63) is 69.4 Å². The summed E-state index contributed by atoms with van der Waals surface area (Å²) < 4.78 is 13.8. The van der Waals surface area contributed by atoms with Gasteiger partial charge in [0.15, 0.2) is 0 Å². The third-order valence-electron chi connectivity index (χ3n) is 3.11. The molecule has 0 aromatic heterocycles. The van der Waals surface area contributed by atoms with Crippen molar-refractivity contribution in [1.29, 1.82) is 0 Å². The third-order valence-corrected chi connectivity index (χ3v) is 3.95. The van der Waals surface area contributed by atoms with E-state index in [0.717, 1.165) is 18.4 Å². The smallest absolute Gasteiger partial charge is 0.137 e. The van der Waals surface area contributed by atoms with Crippen LogP contribution in [-0.4, -0.2) is 5.11 Å². The summed E-state index contributed by atoms with van der Waals surface area (Å²) in [5.74, 6) is -0.362. The van der Waals surface area contributed by atoms with Gasteiger partial charge in [0.2, 0.25) is 0 Å². The van der Waals surface area contributed by atoms with Gasteiger partial charge in [-0.1, -0.05) is 49.7 Å². The highest BCUT2D eigenvalue weighted by Crippen LogP contribution is 2.30. The van der Waals surface area contributed by atoms with E-state index in [0.29, 0.717) is 10.0 Å². The van der Waals surface area contributed by atoms with E-state index in [4.69, 9.17) is 0 Å². The van der Waals surface area contributed by atoms with Crippen molar-refractivity contribution < 1.29 is 9.50 Å². The highest BCUT2D eigenvalue weighted by atomic mass is 79.9.